The lowest BCUT2D eigenvalue weighted by Gasteiger charge is -2.17. The Bertz CT molecular complexity index is 376. The minimum absolute atomic E-state index is 0.259. The number of benzene rings is 1. The number of carbonyl (C=O) groups excluding carboxylic acids is 1. The van der Waals surface area contributed by atoms with Crippen molar-refractivity contribution in [2.45, 2.75) is 38.8 Å². The van der Waals surface area contributed by atoms with E-state index in [0.29, 0.717) is 0 Å². The Morgan fingerprint density at radius 2 is 1.94 bits per heavy atom. The Kier molecular flexibility index (Phi) is 5.65. The molecular formula is C14H22N2O2. The van der Waals surface area contributed by atoms with Crippen LogP contribution in [-0.4, -0.2) is 25.1 Å². The number of primary amides is 1. The van der Waals surface area contributed by atoms with Gasteiger partial charge in [-0.1, -0.05) is 12.1 Å². The summed E-state index contributed by atoms with van der Waals surface area (Å²) in [6.45, 7) is 3.84. The average molecular weight is 250 g/mol. The molecule has 0 aliphatic carbocycles. The number of hydrogen-bond acceptors (Lipinski definition) is 3. The summed E-state index contributed by atoms with van der Waals surface area (Å²) in [4.78, 5) is 10.9. The van der Waals surface area contributed by atoms with Gasteiger partial charge >= 0.3 is 0 Å². The maximum atomic E-state index is 10.9. The highest BCUT2D eigenvalue weighted by atomic mass is 16.5. The Labute approximate surface area is 109 Å². The SMILES string of the molecule is COc1ccc(CCC(C)NC(C)C(N)=O)cc1. The number of nitrogens with one attached hydrogen (secondary N) is 1. The van der Waals surface area contributed by atoms with Crippen LogP contribution in [0.5, 0.6) is 5.75 Å². The first-order valence-electron chi connectivity index (χ1n) is 6.21. The summed E-state index contributed by atoms with van der Waals surface area (Å²) in [7, 11) is 1.66. The summed E-state index contributed by atoms with van der Waals surface area (Å²) in [5.41, 5.74) is 6.47. The van der Waals surface area contributed by atoms with Gasteiger partial charge in [-0.3, -0.25) is 4.79 Å². The fraction of sp³-hybridized carbons (Fsp3) is 0.500. The van der Waals surface area contributed by atoms with E-state index in [-0.39, 0.29) is 18.0 Å². The quantitative estimate of drug-likeness (QED) is 0.770. The summed E-state index contributed by atoms with van der Waals surface area (Å²) < 4.78 is 5.11. The first kappa shape index (κ1) is 14.5. The Hall–Kier alpha value is -1.55. The van der Waals surface area contributed by atoms with E-state index < -0.39 is 0 Å². The second-order valence-corrected chi connectivity index (χ2v) is 4.58. The van der Waals surface area contributed by atoms with Crippen molar-refractivity contribution in [3.8, 4) is 5.75 Å². The molecule has 4 heteroatoms. The van der Waals surface area contributed by atoms with Crippen molar-refractivity contribution < 1.29 is 9.53 Å². The van der Waals surface area contributed by atoms with E-state index in [9.17, 15) is 4.79 Å². The fourth-order valence-electron chi connectivity index (χ4n) is 1.77. The highest BCUT2D eigenvalue weighted by Gasteiger charge is 2.11. The molecule has 1 aromatic rings. The monoisotopic (exact) mass is 250 g/mol. The summed E-state index contributed by atoms with van der Waals surface area (Å²) in [5.74, 6) is 0.554. The summed E-state index contributed by atoms with van der Waals surface area (Å²) in [6.07, 6.45) is 1.92. The molecule has 0 radical (unpaired) electrons. The van der Waals surface area contributed by atoms with E-state index in [0.717, 1.165) is 18.6 Å². The lowest BCUT2D eigenvalue weighted by Crippen LogP contribution is -2.43. The number of aryl methyl sites for hydroxylation is 1. The number of hydrogen-bond donors (Lipinski definition) is 2. The van der Waals surface area contributed by atoms with Crippen LogP contribution in [0.3, 0.4) is 0 Å². The smallest absolute Gasteiger partial charge is 0.234 e. The van der Waals surface area contributed by atoms with E-state index in [1.165, 1.54) is 5.56 Å². The predicted octanol–water partition coefficient (Wildman–Crippen LogP) is 1.48. The third kappa shape index (κ3) is 4.75. The summed E-state index contributed by atoms with van der Waals surface area (Å²) in [6, 6.07) is 8.01. The van der Waals surface area contributed by atoms with Crippen LogP contribution in [0.4, 0.5) is 0 Å². The molecule has 0 bridgehead atoms. The maximum Gasteiger partial charge on any atom is 0.234 e. The third-order valence-electron chi connectivity index (χ3n) is 2.99. The van der Waals surface area contributed by atoms with Gasteiger partial charge < -0.3 is 15.8 Å². The van der Waals surface area contributed by atoms with Crippen LogP contribution in [0, 0.1) is 0 Å². The van der Waals surface area contributed by atoms with E-state index in [1.807, 2.05) is 12.1 Å². The number of rotatable bonds is 7. The van der Waals surface area contributed by atoms with Crippen LogP contribution in [0.1, 0.15) is 25.8 Å². The first-order valence-corrected chi connectivity index (χ1v) is 6.21. The molecule has 0 spiro atoms. The molecule has 0 heterocycles. The molecule has 2 unspecified atom stereocenters. The largest absolute Gasteiger partial charge is 0.497 e. The zero-order valence-electron chi connectivity index (χ0n) is 11.3. The topological polar surface area (TPSA) is 64.3 Å². The predicted molar refractivity (Wildman–Crippen MR) is 72.6 cm³/mol. The molecule has 1 amide bonds. The standard InChI is InChI=1S/C14H22N2O2/c1-10(16-11(2)14(15)17)4-5-12-6-8-13(18-3)9-7-12/h6-11,16H,4-5H2,1-3H3,(H2,15,17). The molecule has 2 atom stereocenters. The first-order chi connectivity index (χ1) is 8.52. The van der Waals surface area contributed by atoms with E-state index >= 15 is 0 Å². The van der Waals surface area contributed by atoms with E-state index in [4.69, 9.17) is 10.5 Å². The van der Waals surface area contributed by atoms with Gasteiger partial charge in [-0.05, 0) is 44.4 Å². The van der Waals surface area contributed by atoms with Crippen molar-refractivity contribution in [1.82, 2.24) is 5.32 Å². The van der Waals surface area contributed by atoms with Crippen molar-refractivity contribution in [2.24, 2.45) is 5.73 Å². The molecule has 100 valence electrons. The zero-order chi connectivity index (χ0) is 13.5. The summed E-state index contributed by atoms with van der Waals surface area (Å²) >= 11 is 0. The Balaban J connectivity index is 2.37. The molecule has 18 heavy (non-hydrogen) atoms. The molecule has 0 saturated heterocycles. The van der Waals surface area contributed by atoms with Crippen molar-refractivity contribution in [1.29, 1.82) is 0 Å². The van der Waals surface area contributed by atoms with Gasteiger partial charge in [0.25, 0.3) is 0 Å². The van der Waals surface area contributed by atoms with Crippen LogP contribution in [0.2, 0.25) is 0 Å². The fourth-order valence-corrected chi connectivity index (χ4v) is 1.77. The summed E-state index contributed by atoms with van der Waals surface area (Å²) in [5, 5.41) is 3.17. The molecule has 1 rings (SSSR count). The Morgan fingerprint density at radius 3 is 2.44 bits per heavy atom. The van der Waals surface area contributed by atoms with Crippen molar-refractivity contribution in [3.05, 3.63) is 29.8 Å². The molecular weight excluding hydrogens is 228 g/mol. The van der Waals surface area contributed by atoms with Gasteiger partial charge in [0.05, 0.1) is 13.2 Å². The number of amides is 1. The molecule has 4 nitrogen and oxygen atoms in total. The van der Waals surface area contributed by atoms with Crippen LogP contribution >= 0.6 is 0 Å². The lowest BCUT2D eigenvalue weighted by atomic mass is 10.1. The molecule has 0 saturated carbocycles. The van der Waals surface area contributed by atoms with Crippen LogP contribution in [0.25, 0.3) is 0 Å². The van der Waals surface area contributed by atoms with Crippen LogP contribution in [0.15, 0.2) is 24.3 Å². The van der Waals surface area contributed by atoms with Crippen LogP contribution < -0.4 is 15.8 Å². The van der Waals surface area contributed by atoms with Gasteiger partial charge in [0.2, 0.25) is 5.91 Å². The normalized spacial score (nSPS) is 13.9. The maximum absolute atomic E-state index is 10.9. The van der Waals surface area contributed by atoms with Gasteiger partial charge in [0, 0.05) is 6.04 Å². The second-order valence-electron chi connectivity index (χ2n) is 4.58. The highest BCUT2D eigenvalue weighted by molar-refractivity contribution is 5.79. The number of nitrogens with two attached hydrogens (primary N) is 1. The Morgan fingerprint density at radius 1 is 1.33 bits per heavy atom. The highest BCUT2D eigenvalue weighted by Crippen LogP contribution is 2.13. The van der Waals surface area contributed by atoms with Crippen molar-refractivity contribution in [2.75, 3.05) is 7.11 Å². The number of methoxy groups -OCH3 is 1. The molecule has 0 fully saturated rings. The van der Waals surface area contributed by atoms with Gasteiger partial charge in [0.15, 0.2) is 0 Å². The lowest BCUT2D eigenvalue weighted by molar-refractivity contribution is -0.119. The van der Waals surface area contributed by atoms with Gasteiger partial charge in [-0.15, -0.1) is 0 Å². The minimum Gasteiger partial charge on any atom is -0.497 e. The molecule has 0 aromatic heterocycles. The molecule has 0 aliphatic heterocycles. The zero-order valence-corrected chi connectivity index (χ0v) is 11.3. The minimum atomic E-state index is -0.314. The molecule has 1 aromatic carbocycles. The molecule has 0 aliphatic rings. The van der Waals surface area contributed by atoms with Crippen molar-refractivity contribution in [3.63, 3.8) is 0 Å². The number of ether oxygens (including phenoxy) is 1. The van der Waals surface area contributed by atoms with E-state index in [1.54, 1.807) is 14.0 Å². The van der Waals surface area contributed by atoms with Crippen molar-refractivity contribution >= 4 is 5.91 Å². The third-order valence-corrected chi connectivity index (χ3v) is 2.99. The number of carbonyl (C=O) groups is 1. The van der Waals surface area contributed by atoms with Gasteiger partial charge in [0.1, 0.15) is 5.75 Å². The van der Waals surface area contributed by atoms with Crippen LogP contribution in [-0.2, 0) is 11.2 Å². The average Bonchev–Trinajstić information content (AvgIpc) is 2.36. The van der Waals surface area contributed by atoms with Gasteiger partial charge in [-0.25, -0.2) is 0 Å². The van der Waals surface area contributed by atoms with E-state index in [2.05, 4.69) is 24.4 Å². The second kappa shape index (κ2) is 7.01. The van der Waals surface area contributed by atoms with Gasteiger partial charge in [-0.2, -0.15) is 0 Å². The molecule has 3 N–H and O–H groups in total.